The lowest BCUT2D eigenvalue weighted by atomic mass is 10.2. The van der Waals surface area contributed by atoms with Crippen molar-refractivity contribution in [2.24, 2.45) is 0 Å². The molecular formula is C7H6ClF3N2. The molecule has 6 heteroatoms. The van der Waals surface area contributed by atoms with Gasteiger partial charge < -0.3 is 0 Å². The summed E-state index contributed by atoms with van der Waals surface area (Å²) in [6.45, 7) is 2.60. The molecule has 0 atom stereocenters. The lowest BCUT2D eigenvalue weighted by Gasteiger charge is -2.09. The van der Waals surface area contributed by atoms with Gasteiger partial charge in [0.2, 0.25) is 0 Å². The fourth-order valence-electron chi connectivity index (χ4n) is 0.870. The summed E-state index contributed by atoms with van der Waals surface area (Å²) >= 11 is 5.47. The molecule has 0 amide bonds. The molecule has 1 aromatic heterocycles. The van der Waals surface area contributed by atoms with Crippen molar-refractivity contribution in [3.05, 3.63) is 22.2 Å². The number of aryl methyl sites for hydroxylation is 1. The Hall–Kier alpha value is -0.840. The number of alkyl halides is 3. The molecule has 0 aliphatic rings. The van der Waals surface area contributed by atoms with Gasteiger partial charge in [0, 0.05) is 5.56 Å². The minimum absolute atomic E-state index is 0.0166. The van der Waals surface area contributed by atoms with Crippen LogP contribution in [0.4, 0.5) is 13.2 Å². The van der Waals surface area contributed by atoms with Gasteiger partial charge in [-0.2, -0.15) is 13.2 Å². The number of aromatic nitrogens is 2. The topological polar surface area (TPSA) is 25.8 Å². The van der Waals surface area contributed by atoms with Crippen LogP contribution < -0.4 is 0 Å². The first-order valence-corrected chi connectivity index (χ1v) is 3.78. The summed E-state index contributed by atoms with van der Waals surface area (Å²) in [7, 11) is 0. The SMILES string of the molecule is Cc1nc(Cl)c(C)c(C(F)(F)F)n1. The van der Waals surface area contributed by atoms with Crippen LogP contribution in [-0.2, 0) is 6.18 Å². The molecule has 0 radical (unpaired) electrons. The Morgan fingerprint density at radius 1 is 1.15 bits per heavy atom. The summed E-state index contributed by atoms with van der Waals surface area (Å²) in [5, 5.41) is -0.153. The van der Waals surface area contributed by atoms with E-state index in [0.29, 0.717) is 0 Å². The van der Waals surface area contributed by atoms with Crippen molar-refractivity contribution in [1.29, 1.82) is 0 Å². The molecule has 1 rings (SSSR count). The first-order valence-electron chi connectivity index (χ1n) is 3.40. The molecule has 0 bridgehead atoms. The molecule has 0 saturated carbocycles. The van der Waals surface area contributed by atoms with Crippen LogP contribution in [0.2, 0.25) is 5.15 Å². The van der Waals surface area contributed by atoms with Gasteiger partial charge in [0.15, 0.2) is 5.69 Å². The average molecular weight is 211 g/mol. The zero-order valence-electron chi connectivity index (χ0n) is 6.91. The smallest absolute Gasteiger partial charge is 0.228 e. The maximum Gasteiger partial charge on any atom is 0.433 e. The van der Waals surface area contributed by atoms with Crippen LogP contribution in [0.25, 0.3) is 0 Å². The highest BCUT2D eigenvalue weighted by atomic mass is 35.5. The zero-order valence-corrected chi connectivity index (χ0v) is 7.66. The number of hydrogen-bond acceptors (Lipinski definition) is 2. The second kappa shape index (κ2) is 3.14. The van der Waals surface area contributed by atoms with Crippen molar-refractivity contribution in [3.63, 3.8) is 0 Å². The Morgan fingerprint density at radius 2 is 1.69 bits per heavy atom. The number of nitrogens with zero attached hydrogens (tertiary/aromatic N) is 2. The molecule has 0 spiro atoms. The second-order valence-corrected chi connectivity index (χ2v) is 2.89. The zero-order chi connectivity index (χ0) is 10.2. The van der Waals surface area contributed by atoms with Crippen molar-refractivity contribution in [3.8, 4) is 0 Å². The third-order valence-electron chi connectivity index (χ3n) is 1.47. The van der Waals surface area contributed by atoms with Crippen LogP contribution in [0, 0.1) is 13.8 Å². The lowest BCUT2D eigenvalue weighted by molar-refractivity contribution is -0.141. The van der Waals surface area contributed by atoms with Crippen molar-refractivity contribution in [2.75, 3.05) is 0 Å². The van der Waals surface area contributed by atoms with Crippen molar-refractivity contribution < 1.29 is 13.2 Å². The maximum atomic E-state index is 12.3. The summed E-state index contributed by atoms with van der Waals surface area (Å²) in [5.41, 5.74) is -1.11. The van der Waals surface area contributed by atoms with Crippen LogP contribution >= 0.6 is 11.6 Å². The Labute approximate surface area is 77.8 Å². The summed E-state index contributed by atoms with van der Waals surface area (Å²) in [4.78, 5) is 6.89. The molecule has 0 unspecified atom stereocenters. The third kappa shape index (κ3) is 2.09. The van der Waals surface area contributed by atoms with Gasteiger partial charge in [-0.25, -0.2) is 9.97 Å². The molecule has 0 aliphatic heterocycles. The molecule has 72 valence electrons. The predicted molar refractivity (Wildman–Crippen MR) is 41.5 cm³/mol. The van der Waals surface area contributed by atoms with Crippen molar-refractivity contribution in [1.82, 2.24) is 9.97 Å². The van der Waals surface area contributed by atoms with E-state index in [-0.39, 0.29) is 16.5 Å². The monoisotopic (exact) mass is 210 g/mol. The minimum Gasteiger partial charge on any atom is -0.228 e. The van der Waals surface area contributed by atoms with Gasteiger partial charge in [-0.3, -0.25) is 0 Å². The van der Waals surface area contributed by atoms with E-state index in [0.717, 1.165) is 0 Å². The maximum absolute atomic E-state index is 12.3. The Balaban J connectivity index is 3.37. The first-order chi connectivity index (χ1) is 5.82. The molecule has 1 heterocycles. The molecule has 13 heavy (non-hydrogen) atoms. The average Bonchev–Trinajstić information content (AvgIpc) is 1.94. The molecule has 0 N–H and O–H groups in total. The minimum atomic E-state index is -4.47. The van der Waals surface area contributed by atoms with Gasteiger partial charge >= 0.3 is 6.18 Å². The van der Waals surface area contributed by atoms with Crippen molar-refractivity contribution >= 4 is 11.6 Å². The summed E-state index contributed by atoms with van der Waals surface area (Å²) in [6, 6.07) is 0. The van der Waals surface area contributed by atoms with Crippen LogP contribution in [0.15, 0.2) is 0 Å². The Kier molecular flexibility index (Phi) is 2.47. The number of hydrogen-bond donors (Lipinski definition) is 0. The Bertz CT molecular complexity index is 335. The van der Waals surface area contributed by atoms with Crippen LogP contribution in [-0.4, -0.2) is 9.97 Å². The summed E-state index contributed by atoms with van der Waals surface area (Å²) < 4.78 is 36.8. The van der Waals surface area contributed by atoms with Gasteiger partial charge in [-0.15, -0.1) is 0 Å². The van der Waals surface area contributed by atoms with Gasteiger partial charge in [-0.1, -0.05) is 11.6 Å². The van der Waals surface area contributed by atoms with Crippen LogP contribution in [0.5, 0.6) is 0 Å². The highest BCUT2D eigenvalue weighted by molar-refractivity contribution is 6.30. The largest absolute Gasteiger partial charge is 0.433 e. The third-order valence-corrected chi connectivity index (χ3v) is 1.83. The lowest BCUT2D eigenvalue weighted by Crippen LogP contribution is -2.12. The van der Waals surface area contributed by atoms with Crippen LogP contribution in [0.3, 0.4) is 0 Å². The van der Waals surface area contributed by atoms with E-state index >= 15 is 0 Å². The molecule has 0 aromatic carbocycles. The Morgan fingerprint density at radius 3 is 2.15 bits per heavy atom. The van der Waals surface area contributed by atoms with Gasteiger partial charge in [0.1, 0.15) is 11.0 Å². The quantitative estimate of drug-likeness (QED) is 0.616. The molecule has 2 nitrogen and oxygen atoms in total. The second-order valence-electron chi connectivity index (χ2n) is 2.53. The van der Waals surface area contributed by atoms with E-state index in [1.807, 2.05) is 0 Å². The predicted octanol–water partition coefficient (Wildman–Crippen LogP) is 2.77. The first kappa shape index (κ1) is 10.2. The van der Waals surface area contributed by atoms with E-state index < -0.39 is 11.9 Å². The fraction of sp³-hybridized carbons (Fsp3) is 0.429. The van der Waals surface area contributed by atoms with E-state index in [9.17, 15) is 13.2 Å². The van der Waals surface area contributed by atoms with Gasteiger partial charge in [0.05, 0.1) is 0 Å². The van der Waals surface area contributed by atoms with E-state index in [2.05, 4.69) is 9.97 Å². The molecular weight excluding hydrogens is 205 g/mol. The molecule has 0 saturated heterocycles. The fourth-order valence-corrected chi connectivity index (χ4v) is 1.08. The summed E-state index contributed by atoms with van der Waals surface area (Å²) in [6.07, 6.45) is -4.47. The normalized spacial score (nSPS) is 11.8. The van der Waals surface area contributed by atoms with Crippen LogP contribution in [0.1, 0.15) is 17.1 Å². The van der Waals surface area contributed by atoms with E-state index in [1.165, 1.54) is 13.8 Å². The summed E-state index contributed by atoms with van der Waals surface area (Å²) in [5.74, 6) is 0.0166. The van der Waals surface area contributed by atoms with Crippen molar-refractivity contribution in [2.45, 2.75) is 20.0 Å². The van der Waals surface area contributed by atoms with E-state index in [4.69, 9.17) is 11.6 Å². The number of rotatable bonds is 0. The van der Waals surface area contributed by atoms with Gasteiger partial charge in [-0.05, 0) is 13.8 Å². The number of halogens is 4. The van der Waals surface area contributed by atoms with E-state index in [1.54, 1.807) is 0 Å². The highest BCUT2D eigenvalue weighted by Crippen LogP contribution is 2.32. The standard InChI is InChI=1S/C7H6ClF3N2/c1-3-5(7(9,10)11)12-4(2)13-6(3)8/h1-2H3. The molecule has 0 fully saturated rings. The molecule has 1 aromatic rings. The highest BCUT2D eigenvalue weighted by Gasteiger charge is 2.35. The molecule has 0 aliphatic carbocycles. The van der Waals surface area contributed by atoms with Gasteiger partial charge in [0.25, 0.3) is 0 Å².